The van der Waals surface area contributed by atoms with Crippen LogP contribution in [0, 0.1) is 0 Å². The number of hydrogen-bond acceptors (Lipinski definition) is 2. The fraction of sp³-hybridized carbons (Fsp3) is 0.462. The molecule has 0 saturated heterocycles. The Kier molecular flexibility index (Phi) is 5.40. The molecule has 3 heteroatoms. The number of benzene rings is 1. The van der Waals surface area contributed by atoms with Crippen molar-refractivity contribution in [2.24, 2.45) is 5.73 Å². The molecule has 1 amide bonds. The Morgan fingerprint density at radius 2 is 2.00 bits per heavy atom. The standard InChI is InChI=1S/C13H19NO2/c1-2-3-5-10-12(13(14)15)16-11-8-6-4-7-9-11/h4,6-9,12H,2-3,5,10H2,1H3,(H2,14,15). The lowest BCUT2D eigenvalue weighted by Gasteiger charge is -2.15. The number of ether oxygens (including phenoxy) is 1. The van der Waals surface area contributed by atoms with Gasteiger partial charge in [0.1, 0.15) is 5.75 Å². The Labute approximate surface area is 96.6 Å². The van der Waals surface area contributed by atoms with Crippen molar-refractivity contribution in [3.63, 3.8) is 0 Å². The summed E-state index contributed by atoms with van der Waals surface area (Å²) in [6.45, 7) is 2.12. The zero-order chi connectivity index (χ0) is 11.8. The highest BCUT2D eigenvalue weighted by molar-refractivity contribution is 5.79. The van der Waals surface area contributed by atoms with Crippen LogP contribution in [0.25, 0.3) is 0 Å². The van der Waals surface area contributed by atoms with Gasteiger partial charge in [-0.1, -0.05) is 38.0 Å². The van der Waals surface area contributed by atoms with Crippen molar-refractivity contribution in [1.82, 2.24) is 0 Å². The maximum atomic E-state index is 11.2. The minimum Gasteiger partial charge on any atom is -0.481 e. The molecule has 0 aliphatic carbocycles. The van der Waals surface area contributed by atoms with E-state index in [0.717, 1.165) is 19.3 Å². The molecule has 16 heavy (non-hydrogen) atoms. The third kappa shape index (κ3) is 4.34. The first-order valence-corrected chi connectivity index (χ1v) is 5.75. The third-order valence-corrected chi connectivity index (χ3v) is 2.41. The molecule has 1 unspecified atom stereocenters. The number of rotatable bonds is 7. The Hall–Kier alpha value is -1.51. The molecule has 1 aromatic rings. The molecular formula is C13H19NO2. The van der Waals surface area contributed by atoms with Crippen LogP contribution in [0.15, 0.2) is 30.3 Å². The quantitative estimate of drug-likeness (QED) is 0.719. The van der Waals surface area contributed by atoms with Gasteiger partial charge < -0.3 is 10.5 Å². The van der Waals surface area contributed by atoms with Crippen molar-refractivity contribution < 1.29 is 9.53 Å². The van der Waals surface area contributed by atoms with E-state index in [0.29, 0.717) is 12.2 Å². The molecule has 0 saturated carbocycles. The van der Waals surface area contributed by atoms with Crippen LogP contribution < -0.4 is 10.5 Å². The van der Waals surface area contributed by atoms with Gasteiger partial charge in [0.05, 0.1) is 0 Å². The van der Waals surface area contributed by atoms with E-state index in [1.54, 1.807) is 0 Å². The van der Waals surface area contributed by atoms with E-state index in [1.807, 2.05) is 30.3 Å². The van der Waals surface area contributed by atoms with Crippen LogP contribution in [-0.4, -0.2) is 12.0 Å². The Bertz CT molecular complexity index is 311. The number of hydrogen-bond donors (Lipinski definition) is 1. The van der Waals surface area contributed by atoms with Crippen LogP contribution in [0.3, 0.4) is 0 Å². The lowest BCUT2D eigenvalue weighted by molar-refractivity contribution is -0.125. The van der Waals surface area contributed by atoms with Crippen LogP contribution in [-0.2, 0) is 4.79 Å². The summed E-state index contributed by atoms with van der Waals surface area (Å²) < 4.78 is 5.55. The summed E-state index contributed by atoms with van der Waals surface area (Å²) in [6.07, 6.45) is 3.38. The Balaban J connectivity index is 2.48. The maximum Gasteiger partial charge on any atom is 0.258 e. The van der Waals surface area contributed by atoms with E-state index in [1.165, 1.54) is 0 Å². The van der Waals surface area contributed by atoms with Crippen LogP contribution >= 0.6 is 0 Å². The summed E-state index contributed by atoms with van der Waals surface area (Å²) in [7, 11) is 0. The van der Waals surface area contributed by atoms with Gasteiger partial charge in [-0.05, 0) is 25.0 Å². The first-order valence-electron chi connectivity index (χ1n) is 5.75. The summed E-state index contributed by atoms with van der Waals surface area (Å²) in [5.41, 5.74) is 5.30. The highest BCUT2D eigenvalue weighted by Crippen LogP contribution is 2.14. The van der Waals surface area contributed by atoms with Gasteiger partial charge in [-0.2, -0.15) is 0 Å². The van der Waals surface area contributed by atoms with Crippen LogP contribution in [0.2, 0.25) is 0 Å². The molecule has 0 aliphatic rings. The topological polar surface area (TPSA) is 52.3 Å². The van der Waals surface area contributed by atoms with Gasteiger partial charge in [0.2, 0.25) is 0 Å². The summed E-state index contributed by atoms with van der Waals surface area (Å²) in [5, 5.41) is 0. The maximum absolute atomic E-state index is 11.2. The Morgan fingerprint density at radius 1 is 1.31 bits per heavy atom. The van der Waals surface area contributed by atoms with E-state index < -0.39 is 6.10 Å². The molecule has 0 bridgehead atoms. The van der Waals surface area contributed by atoms with Crippen molar-refractivity contribution in [3.05, 3.63) is 30.3 Å². The Morgan fingerprint density at radius 3 is 2.56 bits per heavy atom. The van der Waals surface area contributed by atoms with Crippen molar-refractivity contribution in [1.29, 1.82) is 0 Å². The second kappa shape index (κ2) is 6.88. The number of para-hydroxylation sites is 1. The fourth-order valence-electron chi connectivity index (χ4n) is 1.50. The van der Waals surface area contributed by atoms with Gasteiger partial charge in [0, 0.05) is 0 Å². The number of primary amides is 1. The number of carbonyl (C=O) groups is 1. The first kappa shape index (κ1) is 12.6. The molecule has 0 aliphatic heterocycles. The summed E-state index contributed by atoms with van der Waals surface area (Å²) in [4.78, 5) is 11.2. The van der Waals surface area contributed by atoms with Crippen molar-refractivity contribution in [2.45, 2.75) is 38.7 Å². The van der Waals surface area contributed by atoms with Gasteiger partial charge in [-0.15, -0.1) is 0 Å². The van der Waals surface area contributed by atoms with E-state index in [-0.39, 0.29) is 5.91 Å². The van der Waals surface area contributed by atoms with Gasteiger partial charge in [-0.25, -0.2) is 0 Å². The molecule has 88 valence electrons. The molecule has 0 spiro atoms. The molecule has 0 heterocycles. The van der Waals surface area contributed by atoms with Crippen LogP contribution in [0.4, 0.5) is 0 Å². The third-order valence-electron chi connectivity index (χ3n) is 2.41. The molecule has 1 atom stereocenters. The molecule has 0 aromatic heterocycles. The lowest BCUT2D eigenvalue weighted by Crippen LogP contribution is -2.33. The number of amides is 1. The second-order valence-corrected chi connectivity index (χ2v) is 3.82. The zero-order valence-corrected chi connectivity index (χ0v) is 9.69. The van der Waals surface area contributed by atoms with Crippen LogP contribution in [0.1, 0.15) is 32.6 Å². The molecular weight excluding hydrogens is 202 g/mol. The fourth-order valence-corrected chi connectivity index (χ4v) is 1.50. The minimum absolute atomic E-state index is 0.389. The average molecular weight is 221 g/mol. The van der Waals surface area contributed by atoms with Crippen molar-refractivity contribution in [2.75, 3.05) is 0 Å². The summed E-state index contributed by atoms with van der Waals surface area (Å²) in [5.74, 6) is 0.308. The SMILES string of the molecule is CCCCCC(Oc1ccccc1)C(N)=O. The van der Waals surface area contributed by atoms with Gasteiger partial charge in [-0.3, -0.25) is 4.79 Å². The molecule has 2 N–H and O–H groups in total. The highest BCUT2D eigenvalue weighted by Gasteiger charge is 2.16. The van der Waals surface area contributed by atoms with Crippen LogP contribution in [0.5, 0.6) is 5.75 Å². The first-order chi connectivity index (χ1) is 7.74. The lowest BCUT2D eigenvalue weighted by atomic mass is 10.1. The highest BCUT2D eigenvalue weighted by atomic mass is 16.5. The molecule has 1 aromatic carbocycles. The normalized spacial score (nSPS) is 12.1. The molecule has 3 nitrogen and oxygen atoms in total. The molecule has 0 radical (unpaired) electrons. The van der Waals surface area contributed by atoms with E-state index in [4.69, 9.17) is 10.5 Å². The van der Waals surface area contributed by atoms with Gasteiger partial charge >= 0.3 is 0 Å². The van der Waals surface area contributed by atoms with Crippen molar-refractivity contribution >= 4 is 5.91 Å². The largest absolute Gasteiger partial charge is 0.481 e. The van der Waals surface area contributed by atoms with Crippen molar-refractivity contribution in [3.8, 4) is 5.75 Å². The minimum atomic E-state index is -0.506. The number of unbranched alkanes of at least 4 members (excludes halogenated alkanes) is 2. The second-order valence-electron chi connectivity index (χ2n) is 3.82. The predicted octanol–water partition coefficient (Wildman–Crippen LogP) is 2.50. The van der Waals surface area contributed by atoms with E-state index in [2.05, 4.69) is 6.92 Å². The van der Waals surface area contributed by atoms with Gasteiger partial charge in [0.15, 0.2) is 6.10 Å². The monoisotopic (exact) mass is 221 g/mol. The number of carbonyl (C=O) groups excluding carboxylic acids is 1. The smallest absolute Gasteiger partial charge is 0.258 e. The average Bonchev–Trinajstić information content (AvgIpc) is 2.29. The summed E-state index contributed by atoms with van der Waals surface area (Å²) in [6, 6.07) is 9.31. The summed E-state index contributed by atoms with van der Waals surface area (Å²) >= 11 is 0. The van der Waals surface area contributed by atoms with E-state index in [9.17, 15) is 4.79 Å². The van der Waals surface area contributed by atoms with Gasteiger partial charge in [0.25, 0.3) is 5.91 Å². The molecule has 0 fully saturated rings. The predicted molar refractivity (Wildman–Crippen MR) is 64.2 cm³/mol. The zero-order valence-electron chi connectivity index (χ0n) is 9.69. The number of nitrogens with two attached hydrogens (primary N) is 1. The molecule has 1 rings (SSSR count). The van der Waals surface area contributed by atoms with E-state index >= 15 is 0 Å².